The maximum atomic E-state index is 11.6. The van der Waals surface area contributed by atoms with Crippen molar-refractivity contribution in [2.45, 2.75) is 27.2 Å². The Morgan fingerprint density at radius 2 is 2.20 bits per heavy atom. The van der Waals surface area contributed by atoms with Gasteiger partial charge >= 0.3 is 0 Å². The third-order valence-electron chi connectivity index (χ3n) is 1.71. The number of carbonyl (C=O) groups excluding carboxylic acids is 1. The minimum atomic E-state index is -0.0121. The molecule has 0 bridgehead atoms. The van der Waals surface area contributed by atoms with E-state index in [0.29, 0.717) is 12.2 Å². The van der Waals surface area contributed by atoms with E-state index in [1.54, 1.807) is 6.20 Å². The van der Waals surface area contributed by atoms with Gasteiger partial charge in [-0.1, -0.05) is 20.8 Å². The zero-order chi connectivity index (χ0) is 11.5. The van der Waals surface area contributed by atoms with Crippen molar-refractivity contribution in [3.05, 3.63) is 22.8 Å². The molecule has 0 fully saturated rings. The summed E-state index contributed by atoms with van der Waals surface area (Å²) in [4.78, 5) is 15.7. The fourth-order valence-electron chi connectivity index (χ4n) is 1.14. The predicted molar refractivity (Wildman–Crippen MR) is 64.6 cm³/mol. The average Bonchev–Trinajstić information content (AvgIpc) is 2.05. The fourth-order valence-corrected chi connectivity index (χ4v) is 1.49. The standard InChI is InChI=1S/C11H15BrN2O/c1-11(2,3)7-9(15)14-10-8(12)5-4-6-13-10/h4-6H,7H2,1-3H3,(H,13,14,15). The number of halogens is 1. The summed E-state index contributed by atoms with van der Waals surface area (Å²) in [7, 11) is 0. The molecule has 4 heteroatoms. The van der Waals surface area contributed by atoms with Crippen molar-refractivity contribution >= 4 is 27.7 Å². The van der Waals surface area contributed by atoms with Crippen LogP contribution in [0.3, 0.4) is 0 Å². The zero-order valence-corrected chi connectivity index (χ0v) is 10.8. The maximum Gasteiger partial charge on any atom is 0.226 e. The first-order valence-corrected chi connectivity index (χ1v) is 5.58. The van der Waals surface area contributed by atoms with Gasteiger partial charge in [-0.3, -0.25) is 4.79 Å². The van der Waals surface area contributed by atoms with E-state index in [0.717, 1.165) is 4.47 Å². The van der Waals surface area contributed by atoms with Crippen LogP contribution in [0.5, 0.6) is 0 Å². The van der Waals surface area contributed by atoms with E-state index in [-0.39, 0.29) is 11.3 Å². The largest absolute Gasteiger partial charge is 0.310 e. The molecule has 0 aliphatic carbocycles. The molecule has 0 aromatic carbocycles. The Hall–Kier alpha value is -0.900. The summed E-state index contributed by atoms with van der Waals surface area (Å²) >= 11 is 3.33. The first-order valence-electron chi connectivity index (χ1n) is 4.79. The number of nitrogens with one attached hydrogen (secondary N) is 1. The van der Waals surface area contributed by atoms with Crippen LogP contribution in [0.2, 0.25) is 0 Å². The van der Waals surface area contributed by atoms with Crippen LogP contribution in [-0.4, -0.2) is 10.9 Å². The number of carbonyl (C=O) groups is 1. The number of rotatable bonds is 2. The summed E-state index contributed by atoms with van der Waals surface area (Å²) in [5.74, 6) is 0.564. The number of hydrogen-bond donors (Lipinski definition) is 1. The highest BCUT2D eigenvalue weighted by atomic mass is 79.9. The van der Waals surface area contributed by atoms with Gasteiger partial charge in [0.25, 0.3) is 0 Å². The van der Waals surface area contributed by atoms with E-state index in [1.165, 1.54) is 0 Å². The van der Waals surface area contributed by atoms with Gasteiger partial charge in [-0.05, 0) is 33.5 Å². The van der Waals surface area contributed by atoms with Gasteiger partial charge in [0, 0.05) is 12.6 Å². The minimum absolute atomic E-state index is 0.00859. The molecular formula is C11H15BrN2O. The molecule has 1 aromatic rings. The molecule has 0 spiro atoms. The van der Waals surface area contributed by atoms with Crippen LogP contribution in [0.1, 0.15) is 27.2 Å². The van der Waals surface area contributed by atoms with Gasteiger partial charge < -0.3 is 5.32 Å². The van der Waals surface area contributed by atoms with Crippen molar-refractivity contribution in [3.63, 3.8) is 0 Å². The van der Waals surface area contributed by atoms with Crippen LogP contribution in [0, 0.1) is 5.41 Å². The number of hydrogen-bond acceptors (Lipinski definition) is 2. The molecule has 0 aliphatic heterocycles. The van der Waals surface area contributed by atoms with Gasteiger partial charge in [-0.15, -0.1) is 0 Å². The van der Waals surface area contributed by atoms with E-state index >= 15 is 0 Å². The lowest BCUT2D eigenvalue weighted by Crippen LogP contribution is -2.20. The van der Waals surface area contributed by atoms with E-state index < -0.39 is 0 Å². The molecule has 1 aromatic heterocycles. The highest BCUT2D eigenvalue weighted by molar-refractivity contribution is 9.10. The highest BCUT2D eigenvalue weighted by Gasteiger charge is 2.16. The monoisotopic (exact) mass is 270 g/mol. The van der Waals surface area contributed by atoms with Crippen LogP contribution in [0.4, 0.5) is 5.82 Å². The third kappa shape index (κ3) is 4.42. The molecule has 1 rings (SSSR count). The normalized spacial score (nSPS) is 11.2. The summed E-state index contributed by atoms with van der Waals surface area (Å²) in [6.07, 6.45) is 2.13. The number of aromatic nitrogens is 1. The van der Waals surface area contributed by atoms with Crippen molar-refractivity contribution in [2.24, 2.45) is 5.41 Å². The quantitative estimate of drug-likeness (QED) is 0.897. The van der Waals surface area contributed by atoms with E-state index in [1.807, 2.05) is 32.9 Å². The minimum Gasteiger partial charge on any atom is -0.310 e. The van der Waals surface area contributed by atoms with Crippen molar-refractivity contribution < 1.29 is 4.79 Å². The summed E-state index contributed by atoms with van der Waals surface area (Å²) in [5, 5.41) is 2.77. The van der Waals surface area contributed by atoms with Gasteiger partial charge in [-0.2, -0.15) is 0 Å². The Balaban J connectivity index is 2.64. The molecule has 0 atom stereocenters. The van der Waals surface area contributed by atoms with E-state index in [2.05, 4.69) is 26.2 Å². The molecule has 0 radical (unpaired) electrons. The number of amides is 1. The smallest absolute Gasteiger partial charge is 0.226 e. The topological polar surface area (TPSA) is 42.0 Å². The second-order valence-electron chi connectivity index (χ2n) is 4.62. The Labute approximate surface area is 98.4 Å². The maximum absolute atomic E-state index is 11.6. The fraction of sp³-hybridized carbons (Fsp3) is 0.455. The Kier molecular flexibility index (Phi) is 3.85. The molecule has 3 nitrogen and oxygen atoms in total. The van der Waals surface area contributed by atoms with Crippen LogP contribution >= 0.6 is 15.9 Å². The van der Waals surface area contributed by atoms with Crippen molar-refractivity contribution in [1.29, 1.82) is 0 Å². The Bertz CT molecular complexity index is 358. The van der Waals surface area contributed by atoms with Gasteiger partial charge in [0.1, 0.15) is 5.82 Å². The lowest BCUT2D eigenvalue weighted by atomic mass is 9.92. The van der Waals surface area contributed by atoms with Crippen LogP contribution in [0.15, 0.2) is 22.8 Å². The SMILES string of the molecule is CC(C)(C)CC(=O)Nc1ncccc1Br. The van der Waals surface area contributed by atoms with Crippen LogP contribution in [0.25, 0.3) is 0 Å². The second kappa shape index (κ2) is 4.75. The molecule has 82 valence electrons. The van der Waals surface area contributed by atoms with Crippen LogP contribution in [-0.2, 0) is 4.79 Å². The molecule has 1 N–H and O–H groups in total. The molecular weight excluding hydrogens is 256 g/mol. The second-order valence-corrected chi connectivity index (χ2v) is 5.47. The van der Waals surface area contributed by atoms with E-state index in [4.69, 9.17) is 0 Å². The summed E-state index contributed by atoms with van der Waals surface area (Å²) < 4.78 is 0.798. The third-order valence-corrected chi connectivity index (χ3v) is 2.35. The first kappa shape index (κ1) is 12.2. The summed E-state index contributed by atoms with van der Waals surface area (Å²) in [6.45, 7) is 6.08. The number of pyridine rings is 1. The molecule has 1 amide bonds. The highest BCUT2D eigenvalue weighted by Crippen LogP contribution is 2.22. The van der Waals surface area contributed by atoms with Crippen molar-refractivity contribution in [1.82, 2.24) is 4.98 Å². The van der Waals surface area contributed by atoms with Gasteiger partial charge in [-0.25, -0.2) is 4.98 Å². The summed E-state index contributed by atoms with van der Waals surface area (Å²) in [5.41, 5.74) is -0.00859. The lowest BCUT2D eigenvalue weighted by molar-refractivity contribution is -0.117. The van der Waals surface area contributed by atoms with Gasteiger partial charge in [0.2, 0.25) is 5.91 Å². The average molecular weight is 271 g/mol. The molecule has 15 heavy (non-hydrogen) atoms. The Morgan fingerprint density at radius 3 is 2.73 bits per heavy atom. The summed E-state index contributed by atoms with van der Waals surface area (Å²) in [6, 6.07) is 3.66. The van der Waals surface area contributed by atoms with Crippen molar-refractivity contribution in [2.75, 3.05) is 5.32 Å². The predicted octanol–water partition coefficient (Wildman–Crippen LogP) is 3.22. The first-order chi connectivity index (χ1) is 6.88. The zero-order valence-electron chi connectivity index (χ0n) is 9.17. The lowest BCUT2D eigenvalue weighted by Gasteiger charge is -2.17. The molecule has 0 saturated heterocycles. The van der Waals surface area contributed by atoms with E-state index in [9.17, 15) is 4.79 Å². The van der Waals surface area contributed by atoms with Crippen molar-refractivity contribution in [3.8, 4) is 0 Å². The Morgan fingerprint density at radius 1 is 1.53 bits per heavy atom. The molecule has 0 aliphatic rings. The van der Waals surface area contributed by atoms with Gasteiger partial charge in [0.15, 0.2) is 0 Å². The van der Waals surface area contributed by atoms with Gasteiger partial charge in [0.05, 0.1) is 4.47 Å². The van der Waals surface area contributed by atoms with Crippen LogP contribution < -0.4 is 5.32 Å². The molecule has 0 unspecified atom stereocenters. The number of anilines is 1. The molecule has 1 heterocycles. The number of nitrogens with zero attached hydrogens (tertiary/aromatic N) is 1. The molecule has 0 saturated carbocycles.